The summed E-state index contributed by atoms with van der Waals surface area (Å²) in [5.74, 6) is 0. The van der Waals surface area contributed by atoms with Crippen LogP contribution >= 0.6 is 15.9 Å². The minimum Gasteiger partial charge on any atom is -0.358 e. The van der Waals surface area contributed by atoms with Gasteiger partial charge in [-0.2, -0.15) is 0 Å². The van der Waals surface area contributed by atoms with Crippen LogP contribution in [-0.2, 0) is 22.9 Å². The topological polar surface area (TPSA) is 62.0 Å². The molecule has 4 rings (SSSR count). The maximum Gasteiger partial charge on any atom is 0.240 e. The molecule has 6 heteroatoms. The molecule has 124 valence electrons. The molecule has 2 aromatic carbocycles. The van der Waals surface area contributed by atoms with E-state index in [0.29, 0.717) is 17.7 Å². The van der Waals surface area contributed by atoms with Crippen molar-refractivity contribution in [2.45, 2.75) is 30.7 Å². The molecule has 24 heavy (non-hydrogen) atoms. The second kappa shape index (κ2) is 5.72. The van der Waals surface area contributed by atoms with Gasteiger partial charge in [0, 0.05) is 33.5 Å². The second-order valence-corrected chi connectivity index (χ2v) is 8.94. The monoisotopic (exact) mass is 404 g/mol. The lowest BCUT2D eigenvalue weighted by Crippen LogP contribution is -2.35. The standard InChI is InChI=1S/C18H17BrN2O2S/c1-11-2-7-17-15(8-11)16-9-13(10-18(16)20-17)21-24(22,23)14-5-3-12(19)4-6-14/h2-8,13,20-21H,9-10H2,1H3. The Hall–Kier alpha value is -1.63. The lowest BCUT2D eigenvalue weighted by molar-refractivity contribution is 0.555. The molecule has 0 aliphatic heterocycles. The fourth-order valence-electron chi connectivity index (χ4n) is 3.37. The molecule has 0 spiro atoms. The first-order chi connectivity index (χ1) is 11.4. The molecule has 1 aromatic heterocycles. The summed E-state index contributed by atoms with van der Waals surface area (Å²) < 4.78 is 28.8. The molecule has 1 atom stereocenters. The maximum atomic E-state index is 12.6. The fourth-order valence-corrected chi connectivity index (χ4v) is 4.87. The van der Waals surface area contributed by atoms with Crippen molar-refractivity contribution >= 4 is 36.9 Å². The number of benzene rings is 2. The molecular formula is C18H17BrN2O2S. The fraction of sp³-hybridized carbons (Fsp3) is 0.222. The van der Waals surface area contributed by atoms with Gasteiger partial charge < -0.3 is 4.98 Å². The molecule has 0 bridgehead atoms. The number of halogens is 1. The van der Waals surface area contributed by atoms with Crippen molar-refractivity contribution in [1.82, 2.24) is 9.71 Å². The van der Waals surface area contributed by atoms with E-state index in [1.807, 2.05) is 0 Å². The summed E-state index contributed by atoms with van der Waals surface area (Å²) in [5, 5.41) is 1.20. The minimum absolute atomic E-state index is 0.107. The first-order valence-corrected chi connectivity index (χ1v) is 10.1. The molecule has 1 aliphatic rings. The predicted octanol–water partition coefficient (Wildman–Crippen LogP) is 3.68. The minimum atomic E-state index is -3.50. The number of sulfonamides is 1. The summed E-state index contributed by atoms with van der Waals surface area (Å²) in [6, 6.07) is 12.9. The van der Waals surface area contributed by atoms with E-state index in [2.05, 4.69) is 50.8 Å². The van der Waals surface area contributed by atoms with E-state index >= 15 is 0 Å². The van der Waals surface area contributed by atoms with Crippen LogP contribution in [0.15, 0.2) is 51.8 Å². The van der Waals surface area contributed by atoms with E-state index in [0.717, 1.165) is 15.7 Å². The van der Waals surface area contributed by atoms with Crippen LogP contribution in [0.2, 0.25) is 0 Å². The lowest BCUT2D eigenvalue weighted by atomic mass is 10.1. The molecule has 0 fully saturated rings. The van der Waals surface area contributed by atoms with Crippen molar-refractivity contribution in [2.24, 2.45) is 0 Å². The molecule has 1 heterocycles. The van der Waals surface area contributed by atoms with E-state index in [4.69, 9.17) is 0 Å². The van der Waals surface area contributed by atoms with Crippen molar-refractivity contribution < 1.29 is 8.42 Å². The Balaban J connectivity index is 1.58. The first kappa shape index (κ1) is 15.9. The molecular weight excluding hydrogens is 388 g/mol. The van der Waals surface area contributed by atoms with Crippen LogP contribution in [0.1, 0.15) is 16.8 Å². The van der Waals surface area contributed by atoms with Gasteiger partial charge in [0.15, 0.2) is 0 Å². The van der Waals surface area contributed by atoms with Crippen LogP contribution in [0.3, 0.4) is 0 Å². The van der Waals surface area contributed by atoms with E-state index in [-0.39, 0.29) is 6.04 Å². The molecule has 3 aromatic rings. The highest BCUT2D eigenvalue weighted by Gasteiger charge is 2.29. The van der Waals surface area contributed by atoms with Crippen molar-refractivity contribution in [3.05, 3.63) is 63.8 Å². The number of aromatic amines is 1. The van der Waals surface area contributed by atoms with Gasteiger partial charge in [-0.25, -0.2) is 13.1 Å². The second-order valence-electron chi connectivity index (χ2n) is 6.31. The van der Waals surface area contributed by atoms with Crippen LogP contribution in [0.4, 0.5) is 0 Å². The van der Waals surface area contributed by atoms with Gasteiger partial charge in [0.25, 0.3) is 0 Å². The summed E-state index contributed by atoms with van der Waals surface area (Å²) in [6.07, 6.45) is 1.41. The van der Waals surface area contributed by atoms with Crippen LogP contribution in [-0.4, -0.2) is 19.4 Å². The number of nitrogens with one attached hydrogen (secondary N) is 2. The van der Waals surface area contributed by atoms with Gasteiger partial charge >= 0.3 is 0 Å². The zero-order chi connectivity index (χ0) is 16.9. The van der Waals surface area contributed by atoms with Crippen molar-refractivity contribution in [1.29, 1.82) is 0 Å². The van der Waals surface area contributed by atoms with Gasteiger partial charge in [-0.15, -0.1) is 0 Å². The highest BCUT2D eigenvalue weighted by Crippen LogP contribution is 2.31. The van der Waals surface area contributed by atoms with Crippen LogP contribution in [0, 0.1) is 6.92 Å². The molecule has 0 saturated carbocycles. The highest BCUT2D eigenvalue weighted by atomic mass is 79.9. The third-order valence-electron chi connectivity index (χ3n) is 4.50. The lowest BCUT2D eigenvalue weighted by Gasteiger charge is -2.13. The first-order valence-electron chi connectivity index (χ1n) is 7.80. The number of fused-ring (bicyclic) bond motifs is 3. The third-order valence-corrected chi connectivity index (χ3v) is 6.56. The third kappa shape index (κ3) is 2.79. The molecule has 4 nitrogen and oxygen atoms in total. The van der Waals surface area contributed by atoms with Gasteiger partial charge in [-0.05, 0) is 55.3 Å². The largest absolute Gasteiger partial charge is 0.358 e. The zero-order valence-corrected chi connectivity index (χ0v) is 15.5. The number of aryl methyl sites for hydroxylation is 1. The summed E-state index contributed by atoms with van der Waals surface area (Å²) in [4.78, 5) is 3.72. The van der Waals surface area contributed by atoms with E-state index < -0.39 is 10.0 Å². The van der Waals surface area contributed by atoms with Crippen LogP contribution in [0.5, 0.6) is 0 Å². The van der Waals surface area contributed by atoms with Crippen molar-refractivity contribution in [3.8, 4) is 0 Å². The quantitative estimate of drug-likeness (QED) is 0.698. The van der Waals surface area contributed by atoms with Gasteiger partial charge in [0.2, 0.25) is 10.0 Å². The smallest absolute Gasteiger partial charge is 0.240 e. The Labute approximate surface area is 149 Å². The number of H-pyrrole nitrogens is 1. The van der Waals surface area contributed by atoms with Crippen molar-refractivity contribution in [2.75, 3.05) is 0 Å². The maximum absolute atomic E-state index is 12.6. The number of hydrogen-bond acceptors (Lipinski definition) is 2. The summed E-state index contributed by atoms with van der Waals surface area (Å²) >= 11 is 3.32. The Bertz CT molecular complexity index is 1020. The molecule has 0 amide bonds. The molecule has 1 unspecified atom stereocenters. The molecule has 2 N–H and O–H groups in total. The summed E-state index contributed by atoms with van der Waals surface area (Å²) in [6.45, 7) is 2.07. The SMILES string of the molecule is Cc1ccc2[nH]c3c(c2c1)CC(NS(=O)(=O)c1ccc(Br)cc1)C3. The Kier molecular flexibility index (Phi) is 3.78. The number of rotatable bonds is 3. The van der Waals surface area contributed by atoms with Crippen LogP contribution in [0.25, 0.3) is 10.9 Å². The number of aromatic nitrogens is 1. The van der Waals surface area contributed by atoms with Gasteiger partial charge in [0.1, 0.15) is 0 Å². The average molecular weight is 405 g/mol. The predicted molar refractivity (Wildman–Crippen MR) is 98.7 cm³/mol. The van der Waals surface area contributed by atoms with E-state index in [1.165, 1.54) is 16.5 Å². The Morgan fingerprint density at radius 3 is 2.62 bits per heavy atom. The van der Waals surface area contributed by atoms with Crippen molar-refractivity contribution in [3.63, 3.8) is 0 Å². The average Bonchev–Trinajstić information content (AvgIpc) is 3.04. The van der Waals surface area contributed by atoms with Gasteiger partial charge in [-0.1, -0.05) is 27.6 Å². The van der Waals surface area contributed by atoms with E-state index in [9.17, 15) is 8.42 Å². The normalized spacial score (nSPS) is 17.3. The Morgan fingerprint density at radius 2 is 1.88 bits per heavy atom. The molecule has 0 saturated heterocycles. The van der Waals surface area contributed by atoms with Gasteiger partial charge in [-0.3, -0.25) is 0 Å². The number of hydrogen-bond donors (Lipinski definition) is 2. The summed E-state index contributed by atoms with van der Waals surface area (Å²) in [5.41, 5.74) is 4.71. The Morgan fingerprint density at radius 1 is 1.12 bits per heavy atom. The molecule has 1 aliphatic carbocycles. The van der Waals surface area contributed by atoms with Crippen LogP contribution < -0.4 is 4.72 Å². The zero-order valence-electron chi connectivity index (χ0n) is 13.1. The van der Waals surface area contributed by atoms with E-state index in [1.54, 1.807) is 24.3 Å². The van der Waals surface area contributed by atoms with Gasteiger partial charge in [0.05, 0.1) is 4.90 Å². The highest BCUT2D eigenvalue weighted by molar-refractivity contribution is 9.10. The molecule has 0 radical (unpaired) electrons. The summed E-state index contributed by atoms with van der Waals surface area (Å²) in [7, 11) is -3.50.